The summed E-state index contributed by atoms with van der Waals surface area (Å²) >= 11 is 0. The van der Waals surface area contributed by atoms with E-state index in [0.717, 1.165) is 38.5 Å². The number of hydrogen-bond donors (Lipinski definition) is 5. The van der Waals surface area contributed by atoms with Crippen molar-refractivity contribution in [3.05, 3.63) is 24.3 Å². The molecule has 0 aromatic carbocycles. The largest absolute Gasteiger partial charge is 0.395 e. The maximum atomic E-state index is 11.4. The lowest BCUT2D eigenvalue weighted by Gasteiger charge is -2.19. The third-order valence-corrected chi connectivity index (χ3v) is 5.36. The number of aliphatic hydroxyl groups is 4. The van der Waals surface area contributed by atoms with Crippen molar-refractivity contribution in [3.63, 3.8) is 0 Å². The molecule has 0 radical (unpaired) electrons. The Morgan fingerprint density at radius 2 is 1.96 bits per heavy atom. The van der Waals surface area contributed by atoms with Gasteiger partial charge in [0.05, 0.1) is 24.9 Å². The van der Waals surface area contributed by atoms with Crippen LogP contribution in [0.25, 0.3) is 0 Å². The quantitative estimate of drug-likeness (QED) is 0.228. The van der Waals surface area contributed by atoms with Crippen LogP contribution in [0.5, 0.6) is 0 Å². The van der Waals surface area contributed by atoms with E-state index in [1.165, 1.54) is 0 Å². The van der Waals surface area contributed by atoms with Crippen molar-refractivity contribution < 1.29 is 25.2 Å². The monoisotopic (exact) mass is 397 g/mol. The fraction of sp³-hybridized carbons (Fsp3) is 0.773. The first-order valence-electron chi connectivity index (χ1n) is 10.7. The Bertz CT molecular complexity index is 480. The van der Waals surface area contributed by atoms with Crippen molar-refractivity contribution in [1.82, 2.24) is 5.32 Å². The van der Waals surface area contributed by atoms with Gasteiger partial charge in [-0.3, -0.25) is 4.79 Å². The fourth-order valence-electron chi connectivity index (χ4n) is 3.70. The smallest absolute Gasteiger partial charge is 0.220 e. The SMILES string of the molecule is CCCCC[C@H](O)/C=C/[C@@H]1[C@@H](C/C=C\CCCC(=O)NCCO)[C@@H](O)C[C@@H]1O. The molecule has 0 aromatic rings. The molecule has 6 nitrogen and oxygen atoms in total. The van der Waals surface area contributed by atoms with Gasteiger partial charge in [0, 0.05) is 25.3 Å². The average Bonchev–Trinajstić information content (AvgIpc) is 2.94. The van der Waals surface area contributed by atoms with Crippen molar-refractivity contribution in [1.29, 1.82) is 0 Å². The predicted octanol–water partition coefficient (Wildman–Crippen LogP) is 2.07. The minimum atomic E-state index is -0.581. The van der Waals surface area contributed by atoms with Gasteiger partial charge >= 0.3 is 0 Å². The summed E-state index contributed by atoms with van der Waals surface area (Å²) in [6.45, 7) is 2.37. The van der Waals surface area contributed by atoms with E-state index in [1.54, 1.807) is 6.08 Å². The average molecular weight is 398 g/mol. The van der Waals surface area contributed by atoms with Crippen LogP contribution in [-0.4, -0.2) is 57.8 Å². The number of aliphatic hydroxyl groups excluding tert-OH is 4. The number of carbonyl (C=O) groups is 1. The highest BCUT2D eigenvalue weighted by molar-refractivity contribution is 5.75. The minimum absolute atomic E-state index is 0.0490. The molecule has 1 amide bonds. The summed E-state index contributed by atoms with van der Waals surface area (Å²) in [6, 6.07) is 0. The summed E-state index contributed by atoms with van der Waals surface area (Å²) < 4.78 is 0. The number of rotatable bonds is 14. The number of unbranched alkanes of at least 4 members (excludes halogenated alkanes) is 3. The van der Waals surface area contributed by atoms with E-state index < -0.39 is 18.3 Å². The van der Waals surface area contributed by atoms with Gasteiger partial charge < -0.3 is 25.7 Å². The van der Waals surface area contributed by atoms with Crippen molar-refractivity contribution in [2.75, 3.05) is 13.2 Å². The van der Waals surface area contributed by atoms with E-state index in [9.17, 15) is 20.1 Å². The summed E-state index contributed by atoms with van der Waals surface area (Å²) in [5.41, 5.74) is 0. The molecule has 1 fully saturated rings. The van der Waals surface area contributed by atoms with Gasteiger partial charge in [0.15, 0.2) is 0 Å². The molecule has 0 aromatic heterocycles. The van der Waals surface area contributed by atoms with E-state index >= 15 is 0 Å². The molecule has 0 bridgehead atoms. The lowest BCUT2D eigenvalue weighted by Crippen LogP contribution is -2.25. The van der Waals surface area contributed by atoms with Gasteiger partial charge in [-0.2, -0.15) is 0 Å². The third-order valence-electron chi connectivity index (χ3n) is 5.36. The first-order chi connectivity index (χ1) is 13.5. The Morgan fingerprint density at radius 3 is 2.68 bits per heavy atom. The van der Waals surface area contributed by atoms with Gasteiger partial charge in [0.1, 0.15) is 0 Å². The second kappa shape index (κ2) is 14.7. The summed E-state index contributed by atoms with van der Waals surface area (Å²) in [5, 5.41) is 41.8. The fourth-order valence-corrected chi connectivity index (χ4v) is 3.70. The van der Waals surface area contributed by atoms with Crippen LogP contribution in [0.15, 0.2) is 24.3 Å². The zero-order valence-electron chi connectivity index (χ0n) is 17.2. The molecule has 0 spiro atoms. The molecule has 5 atom stereocenters. The van der Waals surface area contributed by atoms with E-state index in [4.69, 9.17) is 5.11 Å². The maximum Gasteiger partial charge on any atom is 0.220 e. The highest BCUT2D eigenvalue weighted by atomic mass is 16.3. The van der Waals surface area contributed by atoms with E-state index in [-0.39, 0.29) is 24.3 Å². The molecule has 1 aliphatic carbocycles. The Morgan fingerprint density at radius 1 is 1.18 bits per heavy atom. The maximum absolute atomic E-state index is 11.4. The molecular formula is C22H39NO5. The van der Waals surface area contributed by atoms with Crippen LogP contribution in [0, 0.1) is 11.8 Å². The summed E-state index contributed by atoms with van der Waals surface area (Å²) in [4.78, 5) is 11.4. The molecule has 1 rings (SSSR count). The zero-order chi connectivity index (χ0) is 20.8. The van der Waals surface area contributed by atoms with Crippen LogP contribution in [0.3, 0.4) is 0 Å². The predicted molar refractivity (Wildman–Crippen MR) is 111 cm³/mol. The number of allylic oxidation sites excluding steroid dienone is 2. The Labute approximate surface area is 169 Å². The summed E-state index contributed by atoms with van der Waals surface area (Å²) in [7, 11) is 0. The van der Waals surface area contributed by atoms with Crippen molar-refractivity contribution >= 4 is 5.91 Å². The zero-order valence-corrected chi connectivity index (χ0v) is 17.2. The van der Waals surface area contributed by atoms with E-state index in [2.05, 4.69) is 12.2 Å². The second-order valence-corrected chi connectivity index (χ2v) is 7.73. The number of nitrogens with one attached hydrogen (secondary N) is 1. The van der Waals surface area contributed by atoms with Crippen molar-refractivity contribution in [3.8, 4) is 0 Å². The van der Waals surface area contributed by atoms with Crippen LogP contribution >= 0.6 is 0 Å². The molecule has 1 aliphatic rings. The summed E-state index contributed by atoms with van der Waals surface area (Å²) in [5.74, 6) is -0.262. The Balaban J connectivity index is 2.39. The van der Waals surface area contributed by atoms with Crippen molar-refractivity contribution in [2.24, 2.45) is 11.8 Å². The molecule has 0 aliphatic heterocycles. The molecular weight excluding hydrogens is 358 g/mol. The van der Waals surface area contributed by atoms with Gasteiger partial charge in [-0.05, 0) is 31.6 Å². The van der Waals surface area contributed by atoms with Crippen LogP contribution in [0.1, 0.15) is 64.7 Å². The van der Waals surface area contributed by atoms with Crippen molar-refractivity contribution in [2.45, 2.75) is 83.0 Å². The number of hydrogen-bond acceptors (Lipinski definition) is 5. The Kier molecular flexibility index (Phi) is 13.1. The van der Waals surface area contributed by atoms with Gasteiger partial charge in [0.25, 0.3) is 0 Å². The first-order valence-corrected chi connectivity index (χ1v) is 10.7. The highest BCUT2D eigenvalue weighted by Gasteiger charge is 2.39. The van der Waals surface area contributed by atoms with Crippen LogP contribution in [0.4, 0.5) is 0 Å². The molecule has 5 N–H and O–H groups in total. The molecule has 0 saturated heterocycles. The Hall–Kier alpha value is -1.21. The molecule has 0 unspecified atom stereocenters. The van der Waals surface area contributed by atoms with Gasteiger partial charge in [-0.25, -0.2) is 0 Å². The number of carbonyl (C=O) groups excluding carboxylic acids is 1. The molecule has 1 saturated carbocycles. The topological polar surface area (TPSA) is 110 Å². The van der Waals surface area contributed by atoms with Gasteiger partial charge in [0.2, 0.25) is 5.91 Å². The van der Waals surface area contributed by atoms with Crippen LogP contribution < -0.4 is 5.32 Å². The standard InChI is InChI=1S/C22H39NO5/c1-2-3-6-9-17(25)12-13-19-18(20(26)16-21(19)27)10-7-4-5-8-11-22(28)23-14-15-24/h4,7,12-13,17-21,24-27H,2-3,5-6,8-11,14-16H2,1H3,(H,23,28)/b7-4-,13-12+/t17-,18+,19+,20-,21-/m0/s1. The minimum Gasteiger partial charge on any atom is -0.395 e. The normalized spacial score (nSPS) is 26.3. The first kappa shape index (κ1) is 24.8. The number of amides is 1. The second-order valence-electron chi connectivity index (χ2n) is 7.73. The highest BCUT2D eigenvalue weighted by Crippen LogP contribution is 2.36. The third kappa shape index (κ3) is 9.82. The van der Waals surface area contributed by atoms with Gasteiger partial charge in [-0.1, -0.05) is 50.5 Å². The molecule has 0 heterocycles. The van der Waals surface area contributed by atoms with Crippen LogP contribution in [0.2, 0.25) is 0 Å². The van der Waals surface area contributed by atoms with Crippen LogP contribution in [-0.2, 0) is 4.79 Å². The molecule has 6 heteroatoms. The lowest BCUT2D eigenvalue weighted by atomic mass is 9.89. The van der Waals surface area contributed by atoms with Gasteiger partial charge in [-0.15, -0.1) is 0 Å². The molecule has 28 heavy (non-hydrogen) atoms. The van der Waals surface area contributed by atoms with E-state index in [1.807, 2.05) is 18.2 Å². The molecule has 162 valence electrons. The summed E-state index contributed by atoms with van der Waals surface area (Å²) in [6.07, 6.45) is 12.9. The lowest BCUT2D eigenvalue weighted by molar-refractivity contribution is -0.121. The van der Waals surface area contributed by atoms with E-state index in [0.29, 0.717) is 25.8 Å².